The molecule has 2 heterocycles. The summed E-state index contributed by atoms with van der Waals surface area (Å²) < 4.78 is 18.7. The molecule has 9 heteroatoms. The summed E-state index contributed by atoms with van der Waals surface area (Å²) in [5.41, 5.74) is 1.35. The number of phenolic OH excluding ortho intramolecular Hbond substituents is 2. The Balaban J connectivity index is 0.000000239. The molecule has 144 valence electrons. The van der Waals surface area contributed by atoms with E-state index in [1.54, 1.807) is 36.4 Å². The van der Waals surface area contributed by atoms with Gasteiger partial charge in [-0.05, 0) is 24.3 Å². The van der Waals surface area contributed by atoms with Crippen molar-refractivity contribution in [1.82, 2.24) is 0 Å². The first-order valence-corrected chi connectivity index (χ1v) is 8.93. The molecule has 8 nitrogen and oxygen atoms in total. The van der Waals surface area contributed by atoms with Crippen LogP contribution in [0.2, 0.25) is 0 Å². The van der Waals surface area contributed by atoms with Gasteiger partial charge in [0.1, 0.15) is 24.7 Å². The Hall–Kier alpha value is -2.44. The monoisotopic (exact) mass is 547 g/mol. The van der Waals surface area contributed by atoms with E-state index in [2.05, 4.69) is 9.98 Å². The molecule has 0 saturated carbocycles. The van der Waals surface area contributed by atoms with E-state index < -0.39 is 0 Å². The number of hydrogen-bond donors (Lipinski definition) is 2. The quantitative estimate of drug-likeness (QED) is 0.551. The second kappa shape index (κ2) is 12.0. The molecule has 0 fully saturated rings. The molecule has 0 saturated heterocycles. The van der Waals surface area contributed by atoms with Gasteiger partial charge in [-0.25, -0.2) is 9.98 Å². The Morgan fingerprint density at radius 1 is 0.741 bits per heavy atom. The van der Waals surface area contributed by atoms with Crippen molar-refractivity contribution in [2.75, 3.05) is 26.3 Å². The van der Waals surface area contributed by atoms with Gasteiger partial charge in [0.25, 0.3) is 0 Å². The van der Waals surface area contributed by atoms with Crippen molar-refractivity contribution < 1.29 is 47.4 Å². The number of phenols is 2. The van der Waals surface area contributed by atoms with Gasteiger partial charge in [0.05, 0.1) is 24.2 Å². The van der Waals surface area contributed by atoms with Crippen LogP contribution in [0, 0.1) is 0 Å². The molecule has 27 heavy (non-hydrogen) atoms. The van der Waals surface area contributed by atoms with Crippen molar-refractivity contribution in [1.29, 1.82) is 0 Å². The molecule has 0 atom stereocenters. The fourth-order valence-corrected chi connectivity index (χ4v) is 2.31. The van der Waals surface area contributed by atoms with Crippen LogP contribution in [0.25, 0.3) is 0 Å². The van der Waals surface area contributed by atoms with Gasteiger partial charge >= 0.3 is 22.3 Å². The van der Waals surface area contributed by atoms with E-state index in [1.807, 2.05) is 12.1 Å². The number of para-hydroxylation sites is 2. The van der Waals surface area contributed by atoms with Gasteiger partial charge in [-0.3, -0.25) is 0 Å². The SMILES string of the molecule is O.Oc1ccccc1C1=NCCO1.Oc1ccccc1C1=NCCO1.[O+]#[Re]. The maximum absolute atomic E-state index is 9.41. The van der Waals surface area contributed by atoms with E-state index in [9.17, 15) is 10.2 Å². The van der Waals surface area contributed by atoms with Gasteiger partial charge < -0.3 is 25.2 Å². The summed E-state index contributed by atoms with van der Waals surface area (Å²) >= 11 is 0.472. The van der Waals surface area contributed by atoms with E-state index >= 15 is 0 Å². The molecule has 2 aliphatic heterocycles. The van der Waals surface area contributed by atoms with Crippen molar-refractivity contribution in [3.05, 3.63) is 59.7 Å². The van der Waals surface area contributed by atoms with Crippen molar-refractivity contribution in [2.24, 2.45) is 9.98 Å². The Morgan fingerprint density at radius 2 is 1.11 bits per heavy atom. The van der Waals surface area contributed by atoms with Crippen LogP contribution in [-0.2, 0) is 31.8 Å². The average Bonchev–Trinajstić information content (AvgIpc) is 3.39. The Morgan fingerprint density at radius 3 is 1.41 bits per heavy atom. The summed E-state index contributed by atoms with van der Waals surface area (Å²) in [5, 5.41) is 18.8. The van der Waals surface area contributed by atoms with E-state index in [4.69, 9.17) is 12.8 Å². The van der Waals surface area contributed by atoms with Gasteiger partial charge in [0, 0.05) is 0 Å². The third-order valence-electron chi connectivity index (χ3n) is 3.44. The third kappa shape index (κ3) is 6.34. The molecule has 0 spiro atoms. The molecule has 4 N–H and O–H groups in total. The van der Waals surface area contributed by atoms with Crippen LogP contribution in [0.1, 0.15) is 11.1 Å². The topological polar surface area (TPSA) is 135 Å². The maximum atomic E-state index is 9.41. The van der Waals surface area contributed by atoms with Crippen LogP contribution in [0.15, 0.2) is 58.5 Å². The van der Waals surface area contributed by atoms with Gasteiger partial charge in [-0.1, -0.05) is 24.3 Å². The van der Waals surface area contributed by atoms with Crippen molar-refractivity contribution in [2.45, 2.75) is 0 Å². The standard InChI is InChI=1S/2C9H9NO2.H2O.O.Re/c2*11-8-4-2-1-3-7(8)9-10-5-6-12-9;;;/h2*1-4,11H,5-6H2;1H2;;/q;;;+1;. The van der Waals surface area contributed by atoms with E-state index in [1.165, 1.54) is 0 Å². The first-order chi connectivity index (χ1) is 12.8. The number of hydrogen-bond acceptors (Lipinski definition) is 6. The molecular weight excluding hydrogens is 526 g/mol. The summed E-state index contributed by atoms with van der Waals surface area (Å²) in [6.07, 6.45) is 0. The number of benzene rings is 2. The Kier molecular flexibility index (Phi) is 10.1. The number of ether oxygens (including phenoxy) is 2. The molecule has 0 radical (unpaired) electrons. The number of aliphatic imine (C=N–C) groups is 2. The number of nitrogens with zero attached hydrogens (tertiary/aromatic N) is 2. The Labute approximate surface area is 166 Å². The molecule has 0 bridgehead atoms. The van der Waals surface area contributed by atoms with Gasteiger partial charge in [-0.2, -0.15) is 0 Å². The molecule has 0 unspecified atom stereocenters. The molecule has 4 rings (SSSR count). The zero-order chi connectivity index (χ0) is 18.8. The summed E-state index contributed by atoms with van der Waals surface area (Å²) in [5.74, 6) is 1.54. The van der Waals surface area contributed by atoms with E-state index in [-0.39, 0.29) is 17.0 Å². The van der Waals surface area contributed by atoms with Gasteiger partial charge in [0.2, 0.25) is 11.8 Å². The first-order valence-electron chi connectivity index (χ1n) is 7.82. The summed E-state index contributed by atoms with van der Waals surface area (Å²) in [7, 11) is 0. The Bertz CT molecular complexity index is 757. The van der Waals surface area contributed by atoms with Crippen molar-refractivity contribution in [3.8, 4) is 11.5 Å². The number of rotatable bonds is 2. The van der Waals surface area contributed by atoms with Crippen molar-refractivity contribution >= 4 is 11.8 Å². The summed E-state index contributed by atoms with van der Waals surface area (Å²) in [4.78, 5) is 8.20. The van der Waals surface area contributed by atoms with Crippen molar-refractivity contribution in [3.63, 3.8) is 0 Å². The normalized spacial score (nSPS) is 13.9. The van der Waals surface area contributed by atoms with E-state index in [0.717, 1.165) is 0 Å². The molecule has 2 aliphatic rings. The zero-order valence-corrected chi connectivity index (χ0v) is 17.1. The number of aromatic hydroxyl groups is 2. The summed E-state index contributed by atoms with van der Waals surface area (Å²) in [6, 6.07) is 14.1. The summed E-state index contributed by atoms with van der Waals surface area (Å²) in [6.45, 7) is 2.60. The minimum absolute atomic E-state index is 0. The van der Waals surface area contributed by atoms with Crippen LogP contribution in [0.5, 0.6) is 11.5 Å². The van der Waals surface area contributed by atoms with E-state index in [0.29, 0.717) is 68.2 Å². The molecule has 0 amide bonds. The third-order valence-corrected chi connectivity index (χ3v) is 3.44. The molecule has 2 aromatic rings. The van der Waals surface area contributed by atoms with Crippen LogP contribution in [0.3, 0.4) is 0 Å². The van der Waals surface area contributed by atoms with Crippen LogP contribution < -0.4 is 0 Å². The zero-order valence-electron chi connectivity index (χ0n) is 14.3. The second-order valence-electron chi connectivity index (χ2n) is 5.10. The van der Waals surface area contributed by atoms with Crippen LogP contribution >= 0.6 is 0 Å². The van der Waals surface area contributed by atoms with Crippen LogP contribution in [0.4, 0.5) is 0 Å². The second-order valence-corrected chi connectivity index (χ2v) is 5.10. The molecule has 0 aliphatic carbocycles. The van der Waals surface area contributed by atoms with Gasteiger partial charge in [-0.15, -0.1) is 0 Å². The first kappa shape index (κ1) is 22.6. The molecular formula is C18H20N2O6Re+. The fourth-order valence-electron chi connectivity index (χ4n) is 2.31. The molecule has 0 aromatic heterocycles. The van der Waals surface area contributed by atoms with Crippen LogP contribution in [-0.4, -0.2) is 53.8 Å². The predicted molar refractivity (Wildman–Crippen MR) is 95.2 cm³/mol. The fraction of sp³-hybridized carbons (Fsp3) is 0.222. The molecule has 2 aromatic carbocycles. The minimum atomic E-state index is 0. The average molecular weight is 547 g/mol. The van der Waals surface area contributed by atoms with Gasteiger partial charge in [0.15, 0.2) is 0 Å². The predicted octanol–water partition coefficient (Wildman–Crippen LogP) is 1.39.